The molecule has 2 unspecified atom stereocenters. The molecule has 2 aromatic rings. The lowest BCUT2D eigenvalue weighted by Crippen LogP contribution is -2.46. The van der Waals surface area contributed by atoms with Crippen LogP contribution in [-0.4, -0.2) is 30.1 Å². The molecule has 2 nitrogen and oxygen atoms in total. The predicted molar refractivity (Wildman–Crippen MR) is 87.6 cm³/mol. The van der Waals surface area contributed by atoms with Gasteiger partial charge in [0.25, 0.3) is 0 Å². The number of hydrogen-bond donors (Lipinski definition) is 0. The van der Waals surface area contributed by atoms with Crippen molar-refractivity contribution in [2.75, 3.05) is 18.0 Å². The topological polar surface area (TPSA) is 6.48 Å². The Kier molecular flexibility index (Phi) is 3.19. The minimum Gasteiger partial charge on any atom is -0.366 e. The summed E-state index contributed by atoms with van der Waals surface area (Å²) in [6, 6.07) is 21.3. The minimum absolute atomic E-state index is 0.696. The van der Waals surface area contributed by atoms with Gasteiger partial charge in [-0.1, -0.05) is 48.0 Å². The van der Waals surface area contributed by atoms with Gasteiger partial charge in [-0.25, -0.2) is 0 Å². The highest BCUT2D eigenvalue weighted by atomic mass is 15.3. The molecule has 2 atom stereocenters. The molecule has 0 N–H and O–H groups in total. The maximum Gasteiger partial charge on any atom is 0.0433 e. The molecule has 2 heteroatoms. The normalized spacial score (nSPS) is 24.7. The molecule has 2 bridgehead atoms. The number of aryl methyl sites for hydroxylation is 1. The maximum absolute atomic E-state index is 2.66. The van der Waals surface area contributed by atoms with Crippen LogP contribution >= 0.6 is 0 Å². The van der Waals surface area contributed by atoms with Crippen molar-refractivity contribution in [3.8, 4) is 0 Å². The van der Waals surface area contributed by atoms with E-state index in [-0.39, 0.29) is 0 Å². The van der Waals surface area contributed by atoms with Gasteiger partial charge in [0, 0.05) is 37.4 Å². The number of rotatable bonds is 3. The summed E-state index contributed by atoms with van der Waals surface area (Å²) in [5.74, 6) is 0. The van der Waals surface area contributed by atoms with Crippen molar-refractivity contribution in [2.45, 2.75) is 32.0 Å². The molecule has 4 rings (SSSR count). The molecule has 2 aliphatic rings. The third-order valence-electron chi connectivity index (χ3n) is 4.95. The van der Waals surface area contributed by atoms with Crippen molar-refractivity contribution in [3.05, 3.63) is 65.7 Å². The number of fused-ring (bicyclic) bond motifs is 2. The molecule has 0 saturated carbocycles. The van der Waals surface area contributed by atoms with Crippen molar-refractivity contribution in [1.82, 2.24) is 4.90 Å². The molecule has 0 aromatic heterocycles. The second kappa shape index (κ2) is 5.19. The van der Waals surface area contributed by atoms with Crippen molar-refractivity contribution in [1.29, 1.82) is 0 Å². The van der Waals surface area contributed by atoms with Crippen LogP contribution in [0.25, 0.3) is 0 Å². The number of likely N-dealkylation sites (tertiary alicyclic amines) is 1. The molecule has 2 saturated heterocycles. The highest BCUT2D eigenvalue weighted by Crippen LogP contribution is 2.35. The average molecular weight is 278 g/mol. The number of piperazine rings is 1. The Balaban J connectivity index is 1.45. The Hall–Kier alpha value is -1.80. The van der Waals surface area contributed by atoms with Crippen LogP contribution in [0.2, 0.25) is 0 Å². The quantitative estimate of drug-likeness (QED) is 0.848. The van der Waals surface area contributed by atoms with Crippen molar-refractivity contribution in [3.63, 3.8) is 0 Å². The first kappa shape index (κ1) is 12.9. The lowest BCUT2D eigenvalue weighted by Gasteiger charge is -2.35. The third kappa shape index (κ3) is 2.44. The summed E-state index contributed by atoms with van der Waals surface area (Å²) in [4.78, 5) is 5.26. The van der Waals surface area contributed by atoms with E-state index in [1.807, 2.05) is 0 Å². The fraction of sp³-hybridized carbons (Fsp3) is 0.368. The van der Waals surface area contributed by atoms with Gasteiger partial charge in [-0.3, -0.25) is 4.90 Å². The van der Waals surface area contributed by atoms with Crippen LogP contribution in [0.3, 0.4) is 0 Å². The highest BCUT2D eigenvalue weighted by molar-refractivity contribution is 5.51. The minimum atomic E-state index is 0.696. The van der Waals surface area contributed by atoms with Crippen LogP contribution in [0.5, 0.6) is 0 Å². The highest BCUT2D eigenvalue weighted by Gasteiger charge is 2.42. The van der Waals surface area contributed by atoms with Crippen molar-refractivity contribution in [2.24, 2.45) is 0 Å². The predicted octanol–water partition coefficient (Wildman–Crippen LogP) is 3.46. The van der Waals surface area contributed by atoms with E-state index in [4.69, 9.17) is 0 Å². The maximum atomic E-state index is 2.66. The first-order chi connectivity index (χ1) is 10.3. The van der Waals surface area contributed by atoms with Crippen LogP contribution in [0.1, 0.15) is 17.5 Å². The smallest absolute Gasteiger partial charge is 0.0433 e. The molecule has 2 aromatic carbocycles. The SMILES string of the molecule is Cc1ccc(N2CC3CC2CN3Cc2ccccc2)cc1. The van der Waals surface area contributed by atoms with E-state index in [1.165, 1.54) is 36.3 Å². The molecule has 0 radical (unpaired) electrons. The average Bonchev–Trinajstić information content (AvgIpc) is 3.09. The van der Waals surface area contributed by atoms with Gasteiger partial charge < -0.3 is 4.90 Å². The summed E-state index contributed by atoms with van der Waals surface area (Å²) >= 11 is 0. The molecule has 2 heterocycles. The second-order valence-corrected chi connectivity index (χ2v) is 6.45. The van der Waals surface area contributed by atoms with Gasteiger partial charge in [0.1, 0.15) is 0 Å². The third-order valence-corrected chi connectivity index (χ3v) is 4.95. The van der Waals surface area contributed by atoms with E-state index in [9.17, 15) is 0 Å². The Morgan fingerprint density at radius 2 is 1.67 bits per heavy atom. The van der Waals surface area contributed by atoms with Gasteiger partial charge >= 0.3 is 0 Å². The fourth-order valence-electron chi connectivity index (χ4n) is 3.81. The molecule has 0 amide bonds. The van der Waals surface area contributed by atoms with Crippen LogP contribution in [0.4, 0.5) is 5.69 Å². The van der Waals surface area contributed by atoms with E-state index >= 15 is 0 Å². The Morgan fingerprint density at radius 3 is 2.33 bits per heavy atom. The summed E-state index contributed by atoms with van der Waals surface area (Å²) in [7, 11) is 0. The number of nitrogens with zero attached hydrogens (tertiary/aromatic N) is 2. The molecule has 21 heavy (non-hydrogen) atoms. The zero-order valence-corrected chi connectivity index (χ0v) is 12.6. The monoisotopic (exact) mass is 278 g/mol. The Labute approximate surface area is 127 Å². The molecule has 0 spiro atoms. The summed E-state index contributed by atoms with van der Waals surface area (Å²) in [5, 5.41) is 0. The largest absolute Gasteiger partial charge is 0.366 e. The zero-order chi connectivity index (χ0) is 14.2. The summed E-state index contributed by atoms with van der Waals surface area (Å²) in [6.07, 6.45) is 1.32. The molecule has 0 aliphatic carbocycles. The van der Waals surface area contributed by atoms with Crippen LogP contribution in [-0.2, 0) is 6.54 Å². The van der Waals surface area contributed by atoms with Crippen molar-refractivity contribution >= 4 is 5.69 Å². The van der Waals surface area contributed by atoms with Gasteiger partial charge in [-0.05, 0) is 31.0 Å². The summed E-state index contributed by atoms with van der Waals surface area (Å²) in [5.41, 5.74) is 4.17. The first-order valence-corrected chi connectivity index (χ1v) is 7.91. The lowest BCUT2D eigenvalue weighted by atomic mass is 10.1. The van der Waals surface area contributed by atoms with Crippen LogP contribution in [0.15, 0.2) is 54.6 Å². The van der Waals surface area contributed by atoms with Crippen LogP contribution in [0, 0.1) is 6.92 Å². The summed E-state index contributed by atoms with van der Waals surface area (Å²) in [6.45, 7) is 5.64. The van der Waals surface area contributed by atoms with Crippen molar-refractivity contribution < 1.29 is 0 Å². The van der Waals surface area contributed by atoms with Gasteiger partial charge in [0.15, 0.2) is 0 Å². The van der Waals surface area contributed by atoms with Gasteiger partial charge in [0.2, 0.25) is 0 Å². The fourth-order valence-corrected chi connectivity index (χ4v) is 3.81. The van der Waals surface area contributed by atoms with Gasteiger partial charge in [0.05, 0.1) is 0 Å². The van der Waals surface area contributed by atoms with Gasteiger partial charge in [-0.15, -0.1) is 0 Å². The van der Waals surface area contributed by atoms with Gasteiger partial charge in [-0.2, -0.15) is 0 Å². The first-order valence-electron chi connectivity index (χ1n) is 7.91. The molecule has 2 aliphatic heterocycles. The van der Waals surface area contributed by atoms with E-state index in [0.717, 1.165) is 12.6 Å². The molecular formula is C19H22N2. The number of hydrogen-bond acceptors (Lipinski definition) is 2. The second-order valence-electron chi connectivity index (χ2n) is 6.45. The number of anilines is 1. The Bertz CT molecular complexity index is 605. The van der Waals surface area contributed by atoms with E-state index in [0.29, 0.717) is 6.04 Å². The molecule has 2 fully saturated rings. The molecular weight excluding hydrogens is 256 g/mol. The zero-order valence-electron chi connectivity index (χ0n) is 12.6. The van der Waals surface area contributed by atoms with E-state index in [1.54, 1.807) is 0 Å². The number of benzene rings is 2. The Morgan fingerprint density at radius 1 is 0.905 bits per heavy atom. The van der Waals surface area contributed by atoms with E-state index < -0.39 is 0 Å². The summed E-state index contributed by atoms with van der Waals surface area (Å²) < 4.78 is 0. The lowest BCUT2D eigenvalue weighted by molar-refractivity contribution is 0.230. The van der Waals surface area contributed by atoms with E-state index in [2.05, 4.69) is 71.3 Å². The molecule has 108 valence electrons. The standard InChI is InChI=1S/C19H22N2/c1-15-7-9-17(10-8-15)21-14-18-11-19(21)13-20(18)12-16-5-3-2-4-6-16/h2-10,18-19H,11-14H2,1H3. The van der Waals surface area contributed by atoms with Crippen LogP contribution < -0.4 is 4.90 Å².